The maximum atomic E-state index is 11.6. The Morgan fingerprint density at radius 3 is 2.78 bits per heavy atom. The molecule has 23 heavy (non-hydrogen) atoms. The fraction of sp³-hybridized carbons (Fsp3) is 0.250. The molecule has 1 aromatic carbocycles. The van der Waals surface area contributed by atoms with E-state index < -0.39 is 18.0 Å². The molecule has 0 aliphatic heterocycles. The van der Waals surface area contributed by atoms with Crippen molar-refractivity contribution in [1.29, 1.82) is 0 Å². The number of benzene rings is 1. The second-order valence-electron chi connectivity index (χ2n) is 4.99. The molecule has 0 saturated heterocycles. The Morgan fingerprint density at radius 1 is 1.26 bits per heavy atom. The van der Waals surface area contributed by atoms with Crippen LogP contribution in [0.5, 0.6) is 0 Å². The molecule has 4 N–H and O–H groups in total. The van der Waals surface area contributed by atoms with Crippen LogP contribution in [-0.4, -0.2) is 18.0 Å². The first-order chi connectivity index (χ1) is 11.0. The molecule has 0 bridgehead atoms. The van der Waals surface area contributed by atoms with Crippen molar-refractivity contribution in [2.75, 3.05) is 5.32 Å². The molecule has 0 aliphatic rings. The molecule has 2 aromatic rings. The molecule has 3 amide bonds. The third-order valence-electron chi connectivity index (χ3n) is 3.04. The number of imide groups is 1. The van der Waals surface area contributed by atoms with E-state index >= 15 is 0 Å². The van der Waals surface area contributed by atoms with Crippen molar-refractivity contribution in [3.63, 3.8) is 0 Å². The SMILES string of the molecule is C[C@@H](Nc1cccc(COCc2ccco2)c1)C(=O)NC(N)=O. The highest BCUT2D eigenvalue weighted by molar-refractivity contribution is 5.97. The lowest BCUT2D eigenvalue weighted by molar-refractivity contribution is -0.120. The molecular weight excluding hydrogens is 298 g/mol. The molecular formula is C16H19N3O4. The molecule has 2 rings (SSSR count). The number of urea groups is 1. The lowest BCUT2D eigenvalue weighted by Gasteiger charge is -2.14. The number of primary amides is 1. The summed E-state index contributed by atoms with van der Waals surface area (Å²) in [6.07, 6.45) is 1.60. The molecule has 7 heteroatoms. The van der Waals surface area contributed by atoms with Crippen LogP contribution in [-0.2, 0) is 22.7 Å². The fourth-order valence-electron chi connectivity index (χ4n) is 1.96. The summed E-state index contributed by atoms with van der Waals surface area (Å²) in [7, 11) is 0. The van der Waals surface area contributed by atoms with Gasteiger partial charge in [0.1, 0.15) is 18.4 Å². The van der Waals surface area contributed by atoms with Crippen LogP contribution < -0.4 is 16.4 Å². The van der Waals surface area contributed by atoms with Crippen molar-refractivity contribution in [2.45, 2.75) is 26.2 Å². The van der Waals surface area contributed by atoms with Crippen LogP contribution in [0.4, 0.5) is 10.5 Å². The Morgan fingerprint density at radius 2 is 2.09 bits per heavy atom. The standard InChI is InChI=1S/C16H19N3O4/c1-11(15(20)19-16(17)21)18-13-5-2-4-12(8-13)9-22-10-14-6-3-7-23-14/h2-8,11,18H,9-10H2,1H3,(H3,17,19,20,21)/t11-/m1/s1. The first-order valence-corrected chi connectivity index (χ1v) is 7.10. The van der Waals surface area contributed by atoms with E-state index in [1.54, 1.807) is 13.2 Å². The number of carbonyl (C=O) groups is 2. The predicted octanol–water partition coefficient (Wildman–Crippen LogP) is 1.99. The van der Waals surface area contributed by atoms with Gasteiger partial charge in [-0.1, -0.05) is 12.1 Å². The van der Waals surface area contributed by atoms with Gasteiger partial charge >= 0.3 is 6.03 Å². The van der Waals surface area contributed by atoms with Gasteiger partial charge < -0.3 is 20.2 Å². The molecule has 1 heterocycles. The number of nitrogens with one attached hydrogen (secondary N) is 2. The highest BCUT2D eigenvalue weighted by Gasteiger charge is 2.14. The largest absolute Gasteiger partial charge is 0.467 e. The number of amides is 3. The van der Waals surface area contributed by atoms with Crippen molar-refractivity contribution in [1.82, 2.24) is 5.32 Å². The average molecular weight is 317 g/mol. The Bertz CT molecular complexity index is 655. The smallest absolute Gasteiger partial charge is 0.318 e. The number of anilines is 1. The van der Waals surface area contributed by atoms with E-state index in [9.17, 15) is 9.59 Å². The van der Waals surface area contributed by atoms with E-state index in [1.807, 2.05) is 41.7 Å². The maximum Gasteiger partial charge on any atom is 0.318 e. The second kappa shape index (κ2) is 8.00. The van der Waals surface area contributed by atoms with E-state index in [-0.39, 0.29) is 0 Å². The van der Waals surface area contributed by atoms with Gasteiger partial charge in [-0.15, -0.1) is 0 Å². The summed E-state index contributed by atoms with van der Waals surface area (Å²) < 4.78 is 10.7. The van der Waals surface area contributed by atoms with Crippen molar-refractivity contribution in [2.24, 2.45) is 5.73 Å². The topological polar surface area (TPSA) is 107 Å². The number of nitrogens with two attached hydrogens (primary N) is 1. The van der Waals surface area contributed by atoms with Crippen LogP contribution in [0.25, 0.3) is 0 Å². The number of rotatable bonds is 7. The minimum Gasteiger partial charge on any atom is -0.467 e. The van der Waals surface area contributed by atoms with E-state index in [0.29, 0.717) is 13.2 Å². The zero-order valence-electron chi connectivity index (χ0n) is 12.7. The van der Waals surface area contributed by atoms with Gasteiger partial charge in [-0.2, -0.15) is 0 Å². The van der Waals surface area contributed by atoms with E-state index in [0.717, 1.165) is 17.0 Å². The zero-order valence-corrected chi connectivity index (χ0v) is 12.7. The van der Waals surface area contributed by atoms with Gasteiger partial charge in [0.25, 0.3) is 0 Å². The maximum absolute atomic E-state index is 11.6. The number of carbonyl (C=O) groups excluding carboxylic acids is 2. The van der Waals surface area contributed by atoms with Crippen molar-refractivity contribution >= 4 is 17.6 Å². The monoisotopic (exact) mass is 317 g/mol. The van der Waals surface area contributed by atoms with Gasteiger partial charge in [0, 0.05) is 5.69 Å². The van der Waals surface area contributed by atoms with Crippen LogP contribution in [0.15, 0.2) is 47.1 Å². The molecule has 122 valence electrons. The van der Waals surface area contributed by atoms with Crippen LogP contribution >= 0.6 is 0 Å². The van der Waals surface area contributed by atoms with Crippen LogP contribution in [0.1, 0.15) is 18.2 Å². The molecule has 0 fully saturated rings. The molecule has 0 unspecified atom stereocenters. The van der Waals surface area contributed by atoms with Gasteiger partial charge in [-0.25, -0.2) is 4.79 Å². The van der Waals surface area contributed by atoms with Crippen LogP contribution in [0.2, 0.25) is 0 Å². The Labute approximate surface area is 133 Å². The van der Waals surface area contributed by atoms with Gasteiger partial charge in [-0.05, 0) is 36.8 Å². The zero-order chi connectivity index (χ0) is 16.7. The average Bonchev–Trinajstić information content (AvgIpc) is 3.00. The Kier molecular flexibility index (Phi) is 5.76. The number of ether oxygens (including phenoxy) is 1. The molecule has 0 aliphatic carbocycles. The van der Waals surface area contributed by atoms with Gasteiger partial charge in [-0.3, -0.25) is 10.1 Å². The summed E-state index contributed by atoms with van der Waals surface area (Å²) in [4.78, 5) is 22.3. The lowest BCUT2D eigenvalue weighted by Crippen LogP contribution is -2.43. The fourth-order valence-corrected chi connectivity index (χ4v) is 1.96. The lowest BCUT2D eigenvalue weighted by atomic mass is 10.2. The second-order valence-corrected chi connectivity index (χ2v) is 4.99. The summed E-state index contributed by atoms with van der Waals surface area (Å²) in [6, 6.07) is 9.65. The molecule has 0 radical (unpaired) electrons. The highest BCUT2D eigenvalue weighted by atomic mass is 16.5. The Hall–Kier alpha value is -2.80. The first kappa shape index (κ1) is 16.6. The summed E-state index contributed by atoms with van der Waals surface area (Å²) in [6.45, 7) is 2.44. The van der Waals surface area contributed by atoms with Gasteiger partial charge in [0.15, 0.2) is 0 Å². The summed E-state index contributed by atoms with van der Waals surface area (Å²) in [5.41, 5.74) is 6.62. The summed E-state index contributed by atoms with van der Waals surface area (Å²) >= 11 is 0. The van der Waals surface area contributed by atoms with Crippen molar-refractivity contribution in [3.05, 3.63) is 54.0 Å². The third-order valence-corrected chi connectivity index (χ3v) is 3.04. The predicted molar refractivity (Wildman–Crippen MR) is 84.5 cm³/mol. The first-order valence-electron chi connectivity index (χ1n) is 7.10. The third kappa shape index (κ3) is 5.48. The van der Waals surface area contributed by atoms with E-state index in [1.165, 1.54) is 0 Å². The van der Waals surface area contributed by atoms with E-state index in [2.05, 4.69) is 5.32 Å². The minimum absolute atomic E-state index is 0.391. The minimum atomic E-state index is -0.872. The molecule has 0 saturated carbocycles. The summed E-state index contributed by atoms with van der Waals surface area (Å²) in [5.74, 6) is 0.271. The molecule has 7 nitrogen and oxygen atoms in total. The quantitative estimate of drug-likeness (QED) is 0.724. The Balaban J connectivity index is 1.86. The van der Waals surface area contributed by atoms with E-state index in [4.69, 9.17) is 14.9 Å². The molecule has 1 atom stereocenters. The molecule has 1 aromatic heterocycles. The van der Waals surface area contributed by atoms with Crippen LogP contribution in [0.3, 0.4) is 0 Å². The number of hydrogen-bond donors (Lipinski definition) is 3. The van der Waals surface area contributed by atoms with Gasteiger partial charge in [0.2, 0.25) is 5.91 Å². The normalized spacial score (nSPS) is 11.7. The molecule has 0 spiro atoms. The number of hydrogen-bond acceptors (Lipinski definition) is 5. The van der Waals surface area contributed by atoms with Crippen LogP contribution in [0, 0.1) is 0 Å². The highest BCUT2D eigenvalue weighted by Crippen LogP contribution is 2.14. The van der Waals surface area contributed by atoms with Gasteiger partial charge in [0.05, 0.1) is 12.9 Å². The van der Waals surface area contributed by atoms with Crippen molar-refractivity contribution in [3.8, 4) is 0 Å². The van der Waals surface area contributed by atoms with Crippen molar-refractivity contribution < 1.29 is 18.7 Å². The number of furan rings is 1. The summed E-state index contributed by atoms with van der Waals surface area (Å²) in [5, 5.41) is 5.03.